The minimum atomic E-state index is -4.47. The predicted molar refractivity (Wildman–Crippen MR) is 129 cm³/mol. The molecule has 3 aromatic rings. The lowest BCUT2D eigenvalue weighted by Gasteiger charge is -2.35. The largest absolute Gasteiger partial charge is 0.472 e. The summed E-state index contributed by atoms with van der Waals surface area (Å²) in [5.41, 5.74) is 1.75. The predicted octanol–water partition coefficient (Wildman–Crippen LogP) is 4.31. The highest BCUT2D eigenvalue weighted by Crippen LogP contribution is 2.27. The quantitative estimate of drug-likeness (QED) is 0.518. The highest BCUT2D eigenvalue weighted by Gasteiger charge is 2.32. The molecule has 1 unspecified atom stereocenters. The maximum atomic E-state index is 12.6. The van der Waals surface area contributed by atoms with Crippen molar-refractivity contribution in [2.24, 2.45) is 0 Å². The van der Waals surface area contributed by atoms with Crippen LogP contribution in [-0.2, 0) is 17.6 Å². The molecule has 4 rings (SSSR count). The Morgan fingerprint density at radius 2 is 1.75 bits per heavy atom. The van der Waals surface area contributed by atoms with Gasteiger partial charge in [0.25, 0.3) is 0 Å². The molecule has 190 valence electrons. The molecule has 1 saturated heterocycles. The SMILES string of the molecule is CC(=O)N1CCN(c2ccc(C(C)Nc3ccc(OCc4ccc(C(F)(F)F)nc4)nn3)cc2)CC1. The zero-order valence-corrected chi connectivity index (χ0v) is 20.0. The van der Waals surface area contributed by atoms with E-state index in [-0.39, 0.29) is 24.4 Å². The Morgan fingerprint density at radius 1 is 1.03 bits per heavy atom. The van der Waals surface area contributed by atoms with E-state index in [0.717, 1.165) is 49.7 Å². The van der Waals surface area contributed by atoms with Gasteiger partial charge in [-0.25, -0.2) is 0 Å². The normalized spacial score (nSPS) is 14.9. The van der Waals surface area contributed by atoms with Crippen LogP contribution < -0.4 is 15.0 Å². The maximum Gasteiger partial charge on any atom is 0.433 e. The molecule has 1 aliphatic heterocycles. The van der Waals surface area contributed by atoms with Crippen molar-refractivity contribution < 1.29 is 22.7 Å². The zero-order valence-electron chi connectivity index (χ0n) is 20.0. The Bertz CT molecular complexity index is 1150. The number of nitrogens with zero attached hydrogens (tertiary/aromatic N) is 5. The van der Waals surface area contributed by atoms with E-state index >= 15 is 0 Å². The van der Waals surface area contributed by atoms with Crippen LogP contribution in [-0.4, -0.2) is 52.2 Å². The number of carbonyl (C=O) groups excluding carboxylic acids is 1. The number of nitrogens with one attached hydrogen (secondary N) is 1. The summed E-state index contributed by atoms with van der Waals surface area (Å²) in [5, 5.41) is 11.4. The number of alkyl halides is 3. The summed E-state index contributed by atoms with van der Waals surface area (Å²) < 4.78 is 43.3. The highest BCUT2D eigenvalue weighted by molar-refractivity contribution is 5.73. The number of benzene rings is 1. The number of anilines is 2. The van der Waals surface area contributed by atoms with Crippen LogP contribution in [0.5, 0.6) is 5.88 Å². The minimum absolute atomic E-state index is 0.0205. The third kappa shape index (κ3) is 6.41. The number of pyridine rings is 1. The molecule has 1 amide bonds. The van der Waals surface area contributed by atoms with E-state index in [2.05, 4.69) is 49.7 Å². The summed E-state index contributed by atoms with van der Waals surface area (Å²) in [5.74, 6) is 0.932. The second kappa shape index (κ2) is 10.8. The summed E-state index contributed by atoms with van der Waals surface area (Å²) in [7, 11) is 0. The van der Waals surface area contributed by atoms with Crippen molar-refractivity contribution in [1.82, 2.24) is 20.1 Å². The van der Waals surface area contributed by atoms with E-state index in [4.69, 9.17) is 4.74 Å². The van der Waals surface area contributed by atoms with Gasteiger partial charge in [-0.2, -0.15) is 13.2 Å². The molecule has 3 heterocycles. The Hall–Kier alpha value is -3.89. The van der Waals surface area contributed by atoms with Gasteiger partial charge in [-0.15, -0.1) is 10.2 Å². The molecule has 0 spiro atoms. The molecule has 8 nitrogen and oxygen atoms in total. The van der Waals surface area contributed by atoms with Gasteiger partial charge in [0.1, 0.15) is 18.1 Å². The highest BCUT2D eigenvalue weighted by atomic mass is 19.4. The Balaban J connectivity index is 1.27. The summed E-state index contributed by atoms with van der Waals surface area (Å²) in [6.45, 7) is 6.73. The molecule has 1 fully saturated rings. The molecular formula is C25H27F3N6O2. The molecule has 1 aliphatic rings. The fourth-order valence-electron chi connectivity index (χ4n) is 3.87. The Kier molecular flexibility index (Phi) is 7.56. The Labute approximate surface area is 207 Å². The number of carbonyl (C=O) groups is 1. The molecule has 0 bridgehead atoms. The monoisotopic (exact) mass is 500 g/mol. The first kappa shape index (κ1) is 25.2. The average molecular weight is 501 g/mol. The molecule has 0 saturated carbocycles. The topological polar surface area (TPSA) is 83.5 Å². The van der Waals surface area contributed by atoms with Gasteiger partial charge < -0.3 is 19.9 Å². The van der Waals surface area contributed by atoms with Crippen LogP contribution in [0.1, 0.15) is 36.7 Å². The molecule has 0 radical (unpaired) electrons. The molecule has 36 heavy (non-hydrogen) atoms. The van der Waals surface area contributed by atoms with Gasteiger partial charge in [0.2, 0.25) is 11.8 Å². The van der Waals surface area contributed by atoms with Gasteiger partial charge in [-0.3, -0.25) is 9.78 Å². The third-order valence-corrected chi connectivity index (χ3v) is 5.99. The van der Waals surface area contributed by atoms with Crippen molar-refractivity contribution in [2.45, 2.75) is 32.7 Å². The number of ether oxygens (including phenoxy) is 1. The Morgan fingerprint density at radius 3 is 2.31 bits per heavy atom. The zero-order chi connectivity index (χ0) is 25.7. The number of hydrogen-bond donors (Lipinski definition) is 1. The first-order valence-electron chi connectivity index (χ1n) is 11.5. The van der Waals surface area contributed by atoms with Crippen LogP contribution in [0.2, 0.25) is 0 Å². The second-order valence-corrected chi connectivity index (χ2v) is 8.55. The van der Waals surface area contributed by atoms with Crippen molar-refractivity contribution >= 4 is 17.4 Å². The second-order valence-electron chi connectivity index (χ2n) is 8.55. The number of hydrogen-bond acceptors (Lipinski definition) is 7. The van der Waals surface area contributed by atoms with Crippen molar-refractivity contribution in [3.05, 3.63) is 71.5 Å². The molecule has 1 aromatic carbocycles. The van der Waals surface area contributed by atoms with E-state index < -0.39 is 11.9 Å². The van der Waals surface area contributed by atoms with Crippen LogP contribution >= 0.6 is 0 Å². The smallest absolute Gasteiger partial charge is 0.433 e. The van der Waals surface area contributed by atoms with Crippen molar-refractivity contribution in [3.8, 4) is 5.88 Å². The molecule has 11 heteroatoms. The van der Waals surface area contributed by atoms with Gasteiger partial charge in [-0.05, 0) is 36.8 Å². The molecule has 2 aromatic heterocycles. The standard InChI is InChI=1S/C25H27F3N6O2/c1-17(20-4-6-21(7-5-20)34-13-11-33(12-14-34)18(2)35)30-23-9-10-24(32-31-23)36-16-19-3-8-22(29-15-19)25(26,27)28/h3-10,15,17H,11-14,16H2,1-2H3,(H,30,31). The van der Waals surface area contributed by atoms with E-state index in [0.29, 0.717) is 11.4 Å². The molecule has 1 atom stereocenters. The number of aromatic nitrogens is 3. The fraction of sp³-hybridized carbons (Fsp3) is 0.360. The van der Waals surface area contributed by atoms with E-state index in [9.17, 15) is 18.0 Å². The van der Waals surface area contributed by atoms with E-state index in [1.54, 1.807) is 19.1 Å². The lowest BCUT2D eigenvalue weighted by atomic mass is 10.1. The van der Waals surface area contributed by atoms with Gasteiger partial charge >= 0.3 is 6.18 Å². The maximum absolute atomic E-state index is 12.6. The van der Waals surface area contributed by atoms with E-state index in [1.165, 1.54) is 6.07 Å². The van der Waals surface area contributed by atoms with Gasteiger partial charge in [0.15, 0.2) is 0 Å². The van der Waals surface area contributed by atoms with E-state index in [1.807, 2.05) is 11.8 Å². The van der Waals surface area contributed by atoms with Crippen LogP contribution in [0.15, 0.2) is 54.7 Å². The van der Waals surface area contributed by atoms with Crippen LogP contribution in [0.25, 0.3) is 0 Å². The number of piperazine rings is 1. The van der Waals surface area contributed by atoms with Crippen molar-refractivity contribution in [1.29, 1.82) is 0 Å². The molecule has 0 aliphatic carbocycles. The van der Waals surface area contributed by atoms with Crippen molar-refractivity contribution in [2.75, 3.05) is 36.4 Å². The summed E-state index contributed by atoms with van der Waals surface area (Å²) in [4.78, 5) is 19.1. The van der Waals surface area contributed by atoms with Crippen molar-refractivity contribution in [3.63, 3.8) is 0 Å². The molecule has 1 N–H and O–H groups in total. The first-order valence-corrected chi connectivity index (χ1v) is 11.5. The first-order chi connectivity index (χ1) is 17.2. The average Bonchev–Trinajstić information content (AvgIpc) is 2.88. The summed E-state index contributed by atoms with van der Waals surface area (Å²) in [6, 6.07) is 13.9. The van der Waals surface area contributed by atoms with Crippen LogP contribution in [0.4, 0.5) is 24.7 Å². The fourth-order valence-corrected chi connectivity index (χ4v) is 3.87. The van der Waals surface area contributed by atoms with Crippen LogP contribution in [0.3, 0.4) is 0 Å². The third-order valence-electron chi connectivity index (χ3n) is 5.99. The van der Waals surface area contributed by atoms with Gasteiger partial charge in [0, 0.05) is 56.6 Å². The minimum Gasteiger partial charge on any atom is -0.472 e. The van der Waals surface area contributed by atoms with Gasteiger partial charge in [0.05, 0.1) is 6.04 Å². The number of halogens is 3. The summed E-state index contributed by atoms with van der Waals surface area (Å²) >= 11 is 0. The van der Waals surface area contributed by atoms with Gasteiger partial charge in [-0.1, -0.05) is 18.2 Å². The lowest BCUT2D eigenvalue weighted by molar-refractivity contribution is -0.141. The lowest BCUT2D eigenvalue weighted by Crippen LogP contribution is -2.48. The summed E-state index contributed by atoms with van der Waals surface area (Å²) in [6.07, 6.45) is -3.34. The number of rotatable bonds is 7. The molecular weight excluding hydrogens is 473 g/mol. The van der Waals surface area contributed by atoms with Crippen LogP contribution in [0, 0.1) is 0 Å². The number of amides is 1.